The molecule has 2 aromatic rings. The van der Waals surface area contributed by atoms with E-state index in [4.69, 9.17) is 4.74 Å². The summed E-state index contributed by atoms with van der Waals surface area (Å²) in [5.41, 5.74) is 1.96. The topological polar surface area (TPSA) is 96.0 Å². The molecule has 9 heteroatoms. The Hall–Kier alpha value is -2.91. The number of hydrogen-bond acceptors (Lipinski definition) is 6. The number of esters is 1. The van der Waals surface area contributed by atoms with Gasteiger partial charge in [-0.2, -0.15) is 4.31 Å². The second kappa shape index (κ2) is 11.2. The lowest BCUT2D eigenvalue weighted by atomic mass is 10.0. The maximum Gasteiger partial charge on any atom is 0.338 e. The third-order valence-electron chi connectivity index (χ3n) is 6.68. The zero-order chi connectivity index (χ0) is 24.8. The van der Waals surface area contributed by atoms with Crippen molar-refractivity contribution in [1.29, 1.82) is 0 Å². The zero-order valence-electron chi connectivity index (χ0n) is 20.1. The monoisotopic (exact) mass is 499 g/mol. The van der Waals surface area contributed by atoms with Crippen molar-refractivity contribution in [3.8, 4) is 0 Å². The van der Waals surface area contributed by atoms with E-state index in [0.29, 0.717) is 24.7 Å². The van der Waals surface area contributed by atoms with Crippen LogP contribution < -0.4 is 10.2 Å². The van der Waals surface area contributed by atoms with E-state index in [1.54, 1.807) is 0 Å². The number of piperidine rings is 2. The van der Waals surface area contributed by atoms with Gasteiger partial charge in [0, 0.05) is 37.6 Å². The molecule has 0 aliphatic carbocycles. The Morgan fingerprint density at radius 3 is 2.17 bits per heavy atom. The minimum absolute atomic E-state index is 0.148. The fraction of sp³-hybridized carbons (Fsp3) is 0.462. The molecule has 0 aromatic heterocycles. The summed E-state index contributed by atoms with van der Waals surface area (Å²) in [5, 5.41) is 2.73. The zero-order valence-corrected chi connectivity index (χ0v) is 20.9. The molecule has 2 aromatic carbocycles. The minimum Gasteiger partial charge on any atom is -0.452 e. The van der Waals surface area contributed by atoms with Gasteiger partial charge in [-0.3, -0.25) is 4.79 Å². The molecule has 2 saturated heterocycles. The van der Waals surface area contributed by atoms with Gasteiger partial charge in [0.25, 0.3) is 5.91 Å². The SMILES string of the molecule is CC1CCN(S(=O)(=O)c2ccc(C(=O)OCC(=O)Nc3ccc(N4CCCCC4)cc3)cc2)CC1. The largest absolute Gasteiger partial charge is 0.452 e. The van der Waals surface area contributed by atoms with E-state index in [0.717, 1.165) is 31.6 Å². The van der Waals surface area contributed by atoms with Crippen LogP contribution in [0.4, 0.5) is 11.4 Å². The van der Waals surface area contributed by atoms with Crippen molar-refractivity contribution >= 4 is 33.3 Å². The molecule has 2 aliphatic heterocycles. The van der Waals surface area contributed by atoms with Gasteiger partial charge in [0.15, 0.2) is 6.61 Å². The Bertz CT molecular complexity index is 1120. The summed E-state index contributed by atoms with van der Waals surface area (Å²) in [6, 6.07) is 13.3. The number of rotatable bonds is 7. The summed E-state index contributed by atoms with van der Waals surface area (Å²) in [7, 11) is -3.58. The first-order valence-electron chi connectivity index (χ1n) is 12.2. The first-order chi connectivity index (χ1) is 16.8. The molecule has 0 radical (unpaired) electrons. The van der Waals surface area contributed by atoms with Gasteiger partial charge in [-0.25, -0.2) is 13.2 Å². The van der Waals surface area contributed by atoms with Gasteiger partial charge < -0.3 is 15.0 Å². The highest BCUT2D eigenvalue weighted by Gasteiger charge is 2.28. The van der Waals surface area contributed by atoms with Gasteiger partial charge in [0.05, 0.1) is 10.5 Å². The van der Waals surface area contributed by atoms with Crippen molar-refractivity contribution in [2.24, 2.45) is 5.92 Å². The Kier molecular flexibility index (Phi) is 8.07. The molecule has 4 rings (SSSR count). The van der Waals surface area contributed by atoms with Crippen LogP contribution in [0.1, 0.15) is 49.4 Å². The highest BCUT2D eigenvalue weighted by molar-refractivity contribution is 7.89. The van der Waals surface area contributed by atoms with Gasteiger partial charge in [0.1, 0.15) is 0 Å². The van der Waals surface area contributed by atoms with E-state index in [9.17, 15) is 18.0 Å². The van der Waals surface area contributed by atoms with E-state index < -0.39 is 28.5 Å². The van der Waals surface area contributed by atoms with E-state index >= 15 is 0 Å². The number of benzene rings is 2. The summed E-state index contributed by atoms with van der Waals surface area (Å²) in [5.74, 6) is -0.603. The van der Waals surface area contributed by atoms with E-state index in [-0.39, 0.29) is 10.5 Å². The van der Waals surface area contributed by atoms with E-state index in [1.807, 2.05) is 24.3 Å². The standard InChI is InChI=1S/C26H33N3O5S/c1-20-13-17-29(18-14-20)35(32,33)24-11-5-21(6-12-24)26(31)34-19-25(30)27-22-7-9-23(10-8-22)28-15-3-2-4-16-28/h5-12,20H,2-4,13-19H2,1H3,(H,27,30). The van der Waals surface area contributed by atoms with Crippen LogP contribution in [0.5, 0.6) is 0 Å². The quantitative estimate of drug-likeness (QED) is 0.581. The van der Waals surface area contributed by atoms with Crippen LogP contribution in [0.25, 0.3) is 0 Å². The highest BCUT2D eigenvalue weighted by atomic mass is 32.2. The highest BCUT2D eigenvalue weighted by Crippen LogP contribution is 2.24. The Balaban J connectivity index is 1.27. The van der Waals surface area contributed by atoms with Gasteiger partial charge in [-0.1, -0.05) is 6.92 Å². The van der Waals surface area contributed by atoms with Crippen molar-refractivity contribution in [2.45, 2.75) is 43.9 Å². The molecule has 0 spiro atoms. The third-order valence-corrected chi connectivity index (χ3v) is 8.59. The lowest BCUT2D eigenvalue weighted by molar-refractivity contribution is -0.119. The van der Waals surface area contributed by atoms with Crippen LogP contribution in [0.3, 0.4) is 0 Å². The van der Waals surface area contributed by atoms with Crippen molar-refractivity contribution < 1.29 is 22.7 Å². The smallest absolute Gasteiger partial charge is 0.338 e. The Labute approximate surface area is 207 Å². The predicted molar refractivity (Wildman–Crippen MR) is 135 cm³/mol. The molecule has 2 heterocycles. The number of nitrogens with one attached hydrogen (secondary N) is 1. The first-order valence-corrected chi connectivity index (χ1v) is 13.7. The molecule has 35 heavy (non-hydrogen) atoms. The fourth-order valence-corrected chi connectivity index (χ4v) is 5.93. The lowest BCUT2D eigenvalue weighted by Gasteiger charge is -2.29. The molecule has 2 aliphatic rings. The van der Waals surface area contributed by atoms with Gasteiger partial charge >= 0.3 is 5.97 Å². The molecular weight excluding hydrogens is 466 g/mol. The van der Waals surface area contributed by atoms with Crippen molar-refractivity contribution in [3.63, 3.8) is 0 Å². The average Bonchev–Trinajstić information content (AvgIpc) is 2.88. The van der Waals surface area contributed by atoms with Crippen LogP contribution in [0.2, 0.25) is 0 Å². The number of nitrogens with zero attached hydrogens (tertiary/aromatic N) is 2. The van der Waals surface area contributed by atoms with Gasteiger partial charge in [-0.05, 0) is 86.6 Å². The van der Waals surface area contributed by atoms with Crippen LogP contribution in [0, 0.1) is 5.92 Å². The lowest BCUT2D eigenvalue weighted by Crippen LogP contribution is -2.37. The number of anilines is 2. The minimum atomic E-state index is -3.58. The number of carbonyl (C=O) groups is 2. The summed E-state index contributed by atoms with van der Waals surface area (Å²) >= 11 is 0. The molecule has 2 fully saturated rings. The Morgan fingerprint density at radius 1 is 0.914 bits per heavy atom. The summed E-state index contributed by atoms with van der Waals surface area (Å²) in [6.07, 6.45) is 5.34. The average molecular weight is 500 g/mol. The number of amides is 1. The number of hydrogen-bond donors (Lipinski definition) is 1. The summed E-state index contributed by atoms with van der Waals surface area (Å²) < 4.78 is 32.3. The molecule has 0 bridgehead atoms. The fourth-order valence-electron chi connectivity index (χ4n) is 4.46. The second-order valence-electron chi connectivity index (χ2n) is 9.33. The molecule has 0 saturated carbocycles. The molecular formula is C26H33N3O5S. The molecule has 8 nitrogen and oxygen atoms in total. The maximum atomic E-state index is 12.8. The number of sulfonamides is 1. The van der Waals surface area contributed by atoms with Gasteiger partial charge in [0.2, 0.25) is 10.0 Å². The van der Waals surface area contributed by atoms with Crippen molar-refractivity contribution in [2.75, 3.05) is 43.0 Å². The van der Waals surface area contributed by atoms with Crippen LogP contribution in [-0.4, -0.2) is 57.4 Å². The van der Waals surface area contributed by atoms with Gasteiger partial charge in [-0.15, -0.1) is 0 Å². The van der Waals surface area contributed by atoms with E-state index in [1.165, 1.54) is 47.8 Å². The van der Waals surface area contributed by atoms with Crippen molar-refractivity contribution in [1.82, 2.24) is 4.31 Å². The van der Waals surface area contributed by atoms with Crippen molar-refractivity contribution in [3.05, 3.63) is 54.1 Å². The molecule has 1 N–H and O–H groups in total. The molecule has 188 valence electrons. The number of carbonyl (C=O) groups excluding carboxylic acids is 2. The van der Waals surface area contributed by atoms with Crippen LogP contribution in [-0.2, 0) is 19.6 Å². The van der Waals surface area contributed by atoms with Crippen LogP contribution >= 0.6 is 0 Å². The molecule has 0 unspecified atom stereocenters. The second-order valence-corrected chi connectivity index (χ2v) is 11.3. The number of ether oxygens (including phenoxy) is 1. The predicted octanol–water partition coefficient (Wildman–Crippen LogP) is 3.89. The molecule has 1 amide bonds. The first kappa shape index (κ1) is 25.2. The summed E-state index contributed by atoms with van der Waals surface area (Å²) in [6.45, 7) is 4.79. The van der Waals surface area contributed by atoms with Crippen LogP contribution in [0.15, 0.2) is 53.4 Å². The third kappa shape index (κ3) is 6.41. The van der Waals surface area contributed by atoms with E-state index in [2.05, 4.69) is 17.1 Å². The molecule has 0 atom stereocenters. The Morgan fingerprint density at radius 2 is 1.54 bits per heavy atom. The normalized spacial score (nSPS) is 17.7. The maximum absolute atomic E-state index is 12.8. The summed E-state index contributed by atoms with van der Waals surface area (Å²) in [4.78, 5) is 27.1.